The van der Waals surface area contributed by atoms with Crippen LogP contribution in [0.25, 0.3) is 27.5 Å². The number of methoxy groups -OCH3 is 2. The highest BCUT2D eigenvalue weighted by Gasteiger charge is 2.14. The first-order valence-corrected chi connectivity index (χ1v) is 12.2. The van der Waals surface area contributed by atoms with E-state index in [1.54, 1.807) is 14.2 Å². The molecule has 0 saturated heterocycles. The van der Waals surface area contributed by atoms with E-state index in [9.17, 15) is 0 Å². The van der Waals surface area contributed by atoms with Crippen molar-refractivity contribution in [2.75, 3.05) is 33.0 Å². The molecule has 0 radical (unpaired) electrons. The summed E-state index contributed by atoms with van der Waals surface area (Å²) in [5, 5.41) is 5.65. The van der Waals surface area contributed by atoms with Crippen LogP contribution in [0.1, 0.15) is 5.56 Å². The minimum atomic E-state index is -0.837. The van der Waals surface area contributed by atoms with Gasteiger partial charge in [0.1, 0.15) is 11.5 Å². The maximum Gasteiger partial charge on any atom is 0.119 e. The Morgan fingerprint density at radius 2 is 1.24 bits per heavy atom. The molecule has 3 nitrogen and oxygen atoms in total. The second-order valence-electron chi connectivity index (χ2n) is 7.71. The zero-order valence-corrected chi connectivity index (χ0v) is 18.3. The van der Waals surface area contributed by atoms with E-state index in [0.717, 1.165) is 44.6 Å². The lowest BCUT2D eigenvalue weighted by Gasteiger charge is -2.14. The van der Waals surface area contributed by atoms with Crippen LogP contribution in [0.3, 0.4) is 0 Å². The number of hydrogen-bond acceptors (Lipinski definition) is 2. The van der Waals surface area contributed by atoms with Crippen LogP contribution >= 0.6 is 10.0 Å². The summed E-state index contributed by atoms with van der Waals surface area (Å²) < 4.78 is 13.2. The van der Waals surface area contributed by atoms with Crippen molar-refractivity contribution >= 4 is 31.8 Å². The summed E-state index contributed by atoms with van der Waals surface area (Å²) in [5.41, 5.74) is 4.41. The summed E-state index contributed by atoms with van der Waals surface area (Å²) in [7, 11) is 2.55. The predicted octanol–water partition coefficient (Wildman–Crippen LogP) is 5.80. The fraction of sp³-hybridized carbons (Fsp3) is 0.200. The second kappa shape index (κ2) is 7.42. The molecule has 1 aromatic heterocycles. The van der Waals surface area contributed by atoms with Crippen LogP contribution in [-0.2, 0) is 0 Å². The van der Waals surface area contributed by atoms with Gasteiger partial charge in [0.15, 0.2) is 0 Å². The van der Waals surface area contributed by atoms with Gasteiger partial charge in [0, 0.05) is 22.0 Å². The Morgan fingerprint density at radius 1 is 0.724 bits per heavy atom. The molecule has 4 heteroatoms. The van der Waals surface area contributed by atoms with Crippen LogP contribution in [0.4, 0.5) is 0 Å². The van der Waals surface area contributed by atoms with E-state index in [2.05, 4.69) is 83.0 Å². The van der Waals surface area contributed by atoms with Crippen molar-refractivity contribution in [1.29, 1.82) is 0 Å². The molecule has 0 spiro atoms. The zero-order valence-electron chi connectivity index (χ0n) is 17.4. The van der Waals surface area contributed by atoms with Gasteiger partial charge in [-0.05, 0) is 84.7 Å². The molecule has 4 rings (SSSR count). The SMILES string of the molecule is COc1ccc2c(c1)c1cc(OC)ccc1n2-c1ccc(C#CS(C)(C)C)cc1. The Morgan fingerprint density at radius 3 is 1.69 bits per heavy atom. The van der Waals surface area contributed by atoms with Gasteiger partial charge in [-0.3, -0.25) is 0 Å². The van der Waals surface area contributed by atoms with Gasteiger partial charge < -0.3 is 14.0 Å². The first-order chi connectivity index (χ1) is 13.9. The second-order valence-corrected chi connectivity index (χ2v) is 11.6. The van der Waals surface area contributed by atoms with Gasteiger partial charge in [0.25, 0.3) is 0 Å². The van der Waals surface area contributed by atoms with Crippen LogP contribution in [0.2, 0.25) is 0 Å². The largest absolute Gasteiger partial charge is 0.497 e. The fourth-order valence-electron chi connectivity index (χ4n) is 3.42. The van der Waals surface area contributed by atoms with Gasteiger partial charge in [0.2, 0.25) is 0 Å². The molecule has 4 aromatic rings. The highest BCUT2D eigenvalue weighted by atomic mass is 32.3. The van der Waals surface area contributed by atoms with Crippen LogP contribution in [0.5, 0.6) is 11.5 Å². The van der Waals surface area contributed by atoms with E-state index in [-0.39, 0.29) is 0 Å². The van der Waals surface area contributed by atoms with Gasteiger partial charge in [-0.2, -0.15) is 10.0 Å². The van der Waals surface area contributed by atoms with Crippen LogP contribution in [0, 0.1) is 11.2 Å². The molecule has 0 bridgehead atoms. The molecular formula is C25H25NO2S. The summed E-state index contributed by atoms with van der Waals surface area (Å²) in [4.78, 5) is 0. The van der Waals surface area contributed by atoms with Crippen molar-refractivity contribution in [1.82, 2.24) is 4.57 Å². The van der Waals surface area contributed by atoms with Crippen LogP contribution in [-0.4, -0.2) is 37.6 Å². The van der Waals surface area contributed by atoms with Gasteiger partial charge in [-0.25, -0.2) is 0 Å². The first kappa shape index (κ1) is 19.3. The van der Waals surface area contributed by atoms with E-state index in [0.29, 0.717) is 0 Å². The molecule has 0 saturated carbocycles. The third kappa shape index (κ3) is 3.79. The number of aromatic nitrogens is 1. The highest BCUT2D eigenvalue weighted by Crippen LogP contribution is 2.36. The molecule has 0 aliphatic heterocycles. The van der Waals surface area contributed by atoms with Gasteiger partial charge in [-0.1, -0.05) is 5.92 Å². The first-order valence-electron chi connectivity index (χ1n) is 9.37. The molecule has 0 fully saturated rings. The van der Waals surface area contributed by atoms with Crippen molar-refractivity contribution in [3.05, 3.63) is 66.2 Å². The number of benzene rings is 3. The lowest BCUT2D eigenvalue weighted by atomic mass is 10.1. The zero-order chi connectivity index (χ0) is 20.6. The van der Waals surface area contributed by atoms with Crippen molar-refractivity contribution in [3.63, 3.8) is 0 Å². The highest BCUT2D eigenvalue weighted by molar-refractivity contribution is 8.35. The minimum absolute atomic E-state index is 0.837. The van der Waals surface area contributed by atoms with E-state index < -0.39 is 10.0 Å². The number of nitrogens with zero attached hydrogens (tertiary/aromatic N) is 1. The average Bonchev–Trinajstić information content (AvgIpc) is 3.04. The maximum absolute atomic E-state index is 5.46. The molecule has 0 unspecified atom stereocenters. The fourth-order valence-corrected chi connectivity index (χ4v) is 3.84. The predicted molar refractivity (Wildman–Crippen MR) is 126 cm³/mol. The Labute approximate surface area is 173 Å². The lowest BCUT2D eigenvalue weighted by Crippen LogP contribution is -1.94. The average molecular weight is 404 g/mol. The molecule has 29 heavy (non-hydrogen) atoms. The molecule has 3 aromatic carbocycles. The molecule has 0 amide bonds. The summed E-state index contributed by atoms with van der Waals surface area (Å²) in [6.07, 6.45) is 6.61. The normalized spacial score (nSPS) is 11.9. The standard InChI is InChI=1S/C25H25NO2S/c1-27-20-10-12-24-22(16-20)23-17-21(28-2)11-13-25(23)26(24)19-8-6-18(7-9-19)14-15-29(3,4)5/h6-13,16-17H,1-5H3. The van der Waals surface area contributed by atoms with Crippen molar-refractivity contribution in [2.45, 2.75) is 0 Å². The molecule has 1 heterocycles. The number of fused-ring (bicyclic) bond motifs is 3. The minimum Gasteiger partial charge on any atom is -0.497 e. The summed E-state index contributed by atoms with van der Waals surface area (Å²) in [5.74, 6) is 4.99. The topological polar surface area (TPSA) is 23.4 Å². The Bertz CT molecular complexity index is 1190. The van der Waals surface area contributed by atoms with E-state index in [4.69, 9.17) is 9.47 Å². The van der Waals surface area contributed by atoms with Crippen LogP contribution < -0.4 is 9.47 Å². The van der Waals surface area contributed by atoms with Gasteiger partial charge in [0.05, 0.1) is 25.3 Å². The molecule has 0 aliphatic carbocycles. The van der Waals surface area contributed by atoms with E-state index in [1.807, 2.05) is 12.1 Å². The Balaban J connectivity index is 1.91. The quantitative estimate of drug-likeness (QED) is 0.403. The third-order valence-electron chi connectivity index (χ3n) is 4.81. The smallest absolute Gasteiger partial charge is 0.119 e. The number of ether oxygens (including phenoxy) is 2. The van der Waals surface area contributed by atoms with Crippen LogP contribution in [0.15, 0.2) is 60.7 Å². The lowest BCUT2D eigenvalue weighted by molar-refractivity contribution is 0.415. The van der Waals surface area contributed by atoms with Crippen molar-refractivity contribution < 1.29 is 9.47 Å². The van der Waals surface area contributed by atoms with E-state index >= 15 is 0 Å². The summed E-state index contributed by atoms with van der Waals surface area (Å²) in [6, 6.07) is 20.8. The monoisotopic (exact) mass is 403 g/mol. The summed E-state index contributed by atoms with van der Waals surface area (Å²) in [6.45, 7) is 0. The molecule has 0 N–H and O–H groups in total. The molecule has 0 atom stereocenters. The molecule has 148 valence electrons. The number of rotatable bonds is 3. The van der Waals surface area contributed by atoms with Crippen molar-refractivity contribution in [2.24, 2.45) is 0 Å². The molecule has 0 aliphatic rings. The number of hydrogen-bond donors (Lipinski definition) is 0. The van der Waals surface area contributed by atoms with Gasteiger partial charge >= 0.3 is 0 Å². The van der Waals surface area contributed by atoms with E-state index in [1.165, 1.54) is 0 Å². The summed E-state index contributed by atoms with van der Waals surface area (Å²) >= 11 is 0. The Kier molecular flexibility index (Phi) is 4.94. The Hall–Kier alpha value is -3.03. The maximum atomic E-state index is 5.46. The van der Waals surface area contributed by atoms with Gasteiger partial charge in [-0.15, -0.1) is 0 Å². The molecular weight excluding hydrogens is 378 g/mol. The third-order valence-corrected chi connectivity index (χ3v) is 5.52. The van der Waals surface area contributed by atoms with Crippen molar-refractivity contribution in [3.8, 4) is 28.4 Å².